The van der Waals surface area contributed by atoms with Crippen LogP contribution in [0.25, 0.3) is 0 Å². The Bertz CT molecular complexity index is 674. The first kappa shape index (κ1) is 14.6. The van der Waals surface area contributed by atoms with Crippen LogP contribution in [-0.4, -0.2) is 13.0 Å². The van der Waals surface area contributed by atoms with E-state index in [-0.39, 0.29) is 17.7 Å². The molecule has 0 aliphatic rings. The van der Waals surface area contributed by atoms with Gasteiger partial charge in [-0.15, -0.1) is 0 Å². The molecule has 6 heteroatoms. The first-order valence-electron chi connectivity index (χ1n) is 6.16. The van der Waals surface area contributed by atoms with Crippen LogP contribution in [0.4, 0.5) is 10.1 Å². The number of nitrogen functional groups attached to an aromatic ring is 1. The van der Waals surface area contributed by atoms with Crippen LogP contribution in [-0.2, 0) is 6.61 Å². The van der Waals surface area contributed by atoms with Gasteiger partial charge in [-0.25, -0.2) is 4.39 Å². The highest BCUT2D eigenvalue weighted by atomic mass is 19.1. The summed E-state index contributed by atoms with van der Waals surface area (Å²) in [6.45, 7) is -0.0660. The van der Waals surface area contributed by atoms with Crippen molar-refractivity contribution in [3.63, 3.8) is 0 Å². The summed E-state index contributed by atoms with van der Waals surface area (Å²) in [6.07, 6.45) is 0. The maximum absolute atomic E-state index is 13.7. The van der Waals surface area contributed by atoms with Crippen molar-refractivity contribution >= 4 is 11.6 Å². The van der Waals surface area contributed by atoms with Crippen LogP contribution in [0, 0.1) is 5.82 Å². The lowest BCUT2D eigenvalue weighted by Crippen LogP contribution is -2.12. The van der Waals surface area contributed by atoms with Gasteiger partial charge in [0.1, 0.15) is 23.9 Å². The van der Waals surface area contributed by atoms with Crippen molar-refractivity contribution in [1.29, 1.82) is 0 Å². The summed E-state index contributed by atoms with van der Waals surface area (Å²) < 4.78 is 24.2. The van der Waals surface area contributed by atoms with Gasteiger partial charge in [-0.3, -0.25) is 4.79 Å². The number of carbonyl (C=O) groups excluding carboxylic acids is 1. The summed E-state index contributed by atoms with van der Waals surface area (Å²) in [7, 11) is 1.53. The van der Waals surface area contributed by atoms with Gasteiger partial charge >= 0.3 is 0 Å². The predicted octanol–water partition coefficient (Wildman–Crippen LogP) is 2.09. The van der Waals surface area contributed by atoms with Crippen LogP contribution in [0.1, 0.15) is 15.9 Å². The molecule has 0 fully saturated rings. The third-order valence-electron chi connectivity index (χ3n) is 2.93. The first-order valence-corrected chi connectivity index (χ1v) is 6.16. The lowest BCUT2D eigenvalue weighted by atomic mass is 10.1. The minimum absolute atomic E-state index is 0.0660. The minimum atomic E-state index is -0.625. The third kappa shape index (κ3) is 3.42. The van der Waals surface area contributed by atoms with Crippen molar-refractivity contribution in [2.45, 2.75) is 6.61 Å². The smallest absolute Gasteiger partial charge is 0.248 e. The molecule has 0 bridgehead atoms. The second kappa shape index (κ2) is 6.13. The molecular weight excluding hydrogens is 275 g/mol. The summed E-state index contributed by atoms with van der Waals surface area (Å²) in [5, 5.41) is 0. The minimum Gasteiger partial charge on any atom is -0.497 e. The molecule has 0 unspecified atom stereocenters. The third-order valence-corrected chi connectivity index (χ3v) is 2.93. The molecule has 0 saturated carbocycles. The van der Waals surface area contributed by atoms with Gasteiger partial charge < -0.3 is 20.9 Å². The molecule has 21 heavy (non-hydrogen) atoms. The first-order chi connectivity index (χ1) is 10.0. The van der Waals surface area contributed by atoms with Crippen molar-refractivity contribution in [2.24, 2.45) is 5.73 Å². The number of rotatable bonds is 5. The monoisotopic (exact) mass is 290 g/mol. The van der Waals surface area contributed by atoms with Gasteiger partial charge in [0, 0.05) is 17.2 Å². The number of nitrogens with two attached hydrogens (primary N) is 2. The van der Waals surface area contributed by atoms with E-state index in [1.54, 1.807) is 18.2 Å². The zero-order valence-electron chi connectivity index (χ0n) is 11.4. The van der Waals surface area contributed by atoms with E-state index in [1.165, 1.54) is 25.3 Å². The van der Waals surface area contributed by atoms with Gasteiger partial charge in [-0.2, -0.15) is 0 Å². The molecule has 5 nitrogen and oxygen atoms in total. The number of hydrogen-bond donors (Lipinski definition) is 2. The van der Waals surface area contributed by atoms with E-state index in [2.05, 4.69) is 0 Å². The van der Waals surface area contributed by atoms with E-state index in [0.717, 1.165) is 0 Å². The highest BCUT2D eigenvalue weighted by molar-refractivity contribution is 5.92. The second-order valence-electron chi connectivity index (χ2n) is 4.36. The van der Waals surface area contributed by atoms with Crippen LogP contribution in [0.15, 0.2) is 36.4 Å². The van der Waals surface area contributed by atoms with Crippen molar-refractivity contribution in [1.82, 2.24) is 0 Å². The number of primary amides is 1. The van der Waals surface area contributed by atoms with Crippen molar-refractivity contribution < 1.29 is 18.7 Å². The molecule has 1 amide bonds. The normalized spacial score (nSPS) is 10.2. The average molecular weight is 290 g/mol. The van der Waals surface area contributed by atoms with Crippen LogP contribution in [0.5, 0.6) is 11.5 Å². The summed E-state index contributed by atoms with van der Waals surface area (Å²) >= 11 is 0. The number of carbonyl (C=O) groups is 1. The summed E-state index contributed by atoms with van der Waals surface area (Å²) in [4.78, 5) is 11.1. The molecule has 0 heterocycles. The van der Waals surface area contributed by atoms with Gasteiger partial charge in [0.2, 0.25) is 5.91 Å². The molecule has 110 valence electrons. The standard InChI is InChI=1S/C15H15FN2O3/c1-20-11-3-5-14(13(17)7-11)21-8-10-6-9(15(18)19)2-4-12(10)16/h2-7H,8,17H2,1H3,(H2,18,19). The number of anilines is 1. The maximum Gasteiger partial charge on any atom is 0.248 e. The number of halogens is 1. The Balaban J connectivity index is 2.16. The molecule has 0 aliphatic carbocycles. The van der Waals surface area contributed by atoms with Crippen molar-refractivity contribution in [2.75, 3.05) is 12.8 Å². The second-order valence-corrected chi connectivity index (χ2v) is 4.36. The Morgan fingerprint density at radius 2 is 2.00 bits per heavy atom. The quantitative estimate of drug-likeness (QED) is 0.825. The molecule has 2 aromatic carbocycles. The predicted molar refractivity (Wildman–Crippen MR) is 76.7 cm³/mol. The van der Waals surface area contributed by atoms with E-state index in [4.69, 9.17) is 20.9 Å². The van der Waals surface area contributed by atoms with Crippen LogP contribution >= 0.6 is 0 Å². The Morgan fingerprint density at radius 1 is 1.24 bits per heavy atom. The SMILES string of the molecule is COc1ccc(OCc2cc(C(N)=O)ccc2F)c(N)c1. The fourth-order valence-electron chi connectivity index (χ4n) is 1.78. The molecule has 0 aliphatic heterocycles. The molecule has 2 rings (SSSR count). The summed E-state index contributed by atoms with van der Waals surface area (Å²) in [5.74, 6) is -0.103. The van der Waals surface area contributed by atoms with E-state index in [0.29, 0.717) is 17.2 Å². The summed E-state index contributed by atoms with van der Waals surface area (Å²) in [5.41, 5.74) is 11.8. The van der Waals surface area contributed by atoms with Crippen LogP contribution in [0.3, 0.4) is 0 Å². The fourth-order valence-corrected chi connectivity index (χ4v) is 1.78. The lowest BCUT2D eigenvalue weighted by molar-refractivity contribution is 0.1000. The van der Waals surface area contributed by atoms with Gasteiger partial charge in [0.25, 0.3) is 0 Å². The number of benzene rings is 2. The molecule has 0 radical (unpaired) electrons. The Morgan fingerprint density at radius 3 is 2.62 bits per heavy atom. The van der Waals surface area contributed by atoms with Gasteiger partial charge in [0.15, 0.2) is 0 Å². The highest BCUT2D eigenvalue weighted by Crippen LogP contribution is 2.27. The van der Waals surface area contributed by atoms with E-state index in [9.17, 15) is 9.18 Å². The fraction of sp³-hybridized carbons (Fsp3) is 0.133. The topological polar surface area (TPSA) is 87.6 Å². The largest absolute Gasteiger partial charge is 0.497 e. The van der Waals surface area contributed by atoms with Gasteiger partial charge in [-0.05, 0) is 30.3 Å². The molecule has 0 atom stereocenters. The number of amides is 1. The molecule has 0 aromatic heterocycles. The maximum atomic E-state index is 13.7. The molecule has 0 spiro atoms. The Kier molecular flexibility index (Phi) is 4.27. The van der Waals surface area contributed by atoms with E-state index in [1.807, 2.05) is 0 Å². The van der Waals surface area contributed by atoms with Gasteiger partial charge in [0.05, 0.1) is 12.8 Å². The van der Waals surface area contributed by atoms with Crippen LogP contribution in [0.2, 0.25) is 0 Å². The van der Waals surface area contributed by atoms with E-state index >= 15 is 0 Å². The zero-order chi connectivity index (χ0) is 15.4. The Labute approximate surface area is 121 Å². The summed E-state index contributed by atoms with van der Waals surface area (Å²) in [6, 6.07) is 8.77. The highest BCUT2D eigenvalue weighted by Gasteiger charge is 2.09. The molecule has 2 aromatic rings. The van der Waals surface area contributed by atoms with Crippen molar-refractivity contribution in [3.05, 3.63) is 53.3 Å². The lowest BCUT2D eigenvalue weighted by Gasteiger charge is -2.11. The number of methoxy groups -OCH3 is 1. The average Bonchev–Trinajstić information content (AvgIpc) is 2.47. The molecule has 4 N–H and O–H groups in total. The van der Waals surface area contributed by atoms with Crippen molar-refractivity contribution in [3.8, 4) is 11.5 Å². The van der Waals surface area contributed by atoms with Crippen LogP contribution < -0.4 is 20.9 Å². The van der Waals surface area contributed by atoms with E-state index < -0.39 is 11.7 Å². The molecular formula is C15H15FN2O3. The number of ether oxygens (including phenoxy) is 2. The van der Waals surface area contributed by atoms with Gasteiger partial charge in [-0.1, -0.05) is 0 Å². The Hall–Kier alpha value is -2.76. The molecule has 0 saturated heterocycles. The number of hydrogen-bond acceptors (Lipinski definition) is 4. The zero-order valence-corrected chi connectivity index (χ0v) is 11.4.